The molecule has 0 radical (unpaired) electrons. The maximum atomic E-state index is 13.2. The van der Waals surface area contributed by atoms with Crippen LogP contribution in [0.15, 0.2) is 36.4 Å². The first-order valence-corrected chi connectivity index (χ1v) is 12.8. The number of imide groups is 1. The quantitative estimate of drug-likeness (QED) is 0.717. The van der Waals surface area contributed by atoms with E-state index in [4.69, 9.17) is 10.5 Å². The van der Waals surface area contributed by atoms with Gasteiger partial charge in [-0.25, -0.2) is 9.69 Å². The topological polar surface area (TPSA) is 96.2 Å². The second-order valence-corrected chi connectivity index (χ2v) is 10.3. The Labute approximate surface area is 203 Å². The first-order chi connectivity index (χ1) is 16.4. The van der Waals surface area contributed by atoms with Crippen LogP contribution in [0.5, 0.6) is 0 Å². The van der Waals surface area contributed by atoms with Crippen molar-refractivity contribution < 1.29 is 19.1 Å². The minimum Gasteiger partial charge on any atom is -0.431 e. The molecular formula is C25H30N4O4S. The van der Waals surface area contributed by atoms with Gasteiger partial charge in [0.2, 0.25) is 5.60 Å². The predicted octanol–water partition coefficient (Wildman–Crippen LogP) is 3.44. The van der Waals surface area contributed by atoms with Crippen molar-refractivity contribution in [2.45, 2.75) is 44.2 Å². The molecule has 2 aromatic rings. The number of nitrogens with zero attached hydrogens (tertiary/aromatic N) is 3. The van der Waals surface area contributed by atoms with E-state index in [1.807, 2.05) is 41.3 Å². The number of amides is 3. The van der Waals surface area contributed by atoms with Gasteiger partial charge in [0.15, 0.2) is 0 Å². The van der Waals surface area contributed by atoms with E-state index in [1.165, 1.54) is 16.2 Å². The highest BCUT2D eigenvalue weighted by Crippen LogP contribution is 2.37. The van der Waals surface area contributed by atoms with Gasteiger partial charge in [-0.2, -0.15) is 0 Å². The number of nitrogens with two attached hydrogens (primary N) is 1. The molecule has 3 aliphatic heterocycles. The largest absolute Gasteiger partial charge is 0.431 e. The minimum absolute atomic E-state index is 0.0250. The average molecular weight is 483 g/mol. The number of benzene rings is 1. The van der Waals surface area contributed by atoms with Crippen molar-refractivity contribution in [2.24, 2.45) is 0 Å². The van der Waals surface area contributed by atoms with E-state index in [1.54, 1.807) is 6.92 Å². The Bertz CT molecular complexity index is 1100. The van der Waals surface area contributed by atoms with Gasteiger partial charge in [0.25, 0.3) is 11.8 Å². The lowest BCUT2D eigenvalue weighted by atomic mass is 9.89. The molecule has 4 heterocycles. The molecule has 5 rings (SSSR count). The number of piperidine rings is 2. The molecule has 3 aliphatic rings. The monoisotopic (exact) mass is 482 g/mol. The van der Waals surface area contributed by atoms with Gasteiger partial charge in [-0.3, -0.25) is 14.5 Å². The summed E-state index contributed by atoms with van der Waals surface area (Å²) in [5.41, 5.74) is 6.81. The number of ether oxygens (including phenoxy) is 1. The SMILES string of the molecule is CCN1C(=O)OC2(CCCN(C3CCN(C(=O)c4cc(-c5ccccc5)sc4N)CC3)C2)C1=O. The van der Waals surface area contributed by atoms with E-state index in [2.05, 4.69) is 4.90 Å². The minimum atomic E-state index is -1.04. The second-order valence-electron chi connectivity index (χ2n) is 9.26. The average Bonchev–Trinajstić information content (AvgIpc) is 3.36. The van der Waals surface area contributed by atoms with E-state index < -0.39 is 11.7 Å². The van der Waals surface area contributed by atoms with Crippen molar-refractivity contribution in [3.05, 3.63) is 42.0 Å². The van der Waals surface area contributed by atoms with E-state index >= 15 is 0 Å². The van der Waals surface area contributed by atoms with Gasteiger partial charge in [0, 0.05) is 37.1 Å². The molecule has 1 atom stereocenters. The number of anilines is 1. The molecule has 2 N–H and O–H groups in total. The van der Waals surface area contributed by atoms with Crippen LogP contribution in [0.25, 0.3) is 10.4 Å². The summed E-state index contributed by atoms with van der Waals surface area (Å²) in [6, 6.07) is 12.1. The third-order valence-corrected chi connectivity index (χ3v) is 8.27. The van der Waals surface area contributed by atoms with Crippen LogP contribution in [-0.2, 0) is 9.53 Å². The van der Waals surface area contributed by atoms with Crippen molar-refractivity contribution in [3.63, 3.8) is 0 Å². The predicted molar refractivity (Wildman–Crippen MR) is 130 cm³/mol. The third kappa shape index (κ3) is 3.96. The number of likely N-dealkylation sites (N-methyl/N-ethyl adjacent to an activating group) is 1. The lowest BCUT2D eigenvalue weighted by molar-refractivity contribution is -0.142. The lowest BCUT2D eigenvalue weighted by Crippen LogP contribution is -2.57. The van der Waals surface area contributed by atoms with Crippen LogP contribution in [0.2, 0.25) is 0 Å². The molecule has 1 aromatic heterocycles. The first-order valence-electron chi connectivity index (χ1n) is 11.9. The van der Waals surface area contributed by atoms with Gasteiger partial charge in [-0.05, 0) is 50.8 Å². The summed E-state index contributed by atoms with van der Waals surface area (Å²) in [6.07, 6.45) is 2.48. The lowest BCUT2D eigenvalue weighted by Gasteiger charge is -2.44. The van der Waals surface area contributed by atoms with Crippen LogP contribution in [0.4, 0.5) is 9.80 Å². The van der Waals surface area contributed by atoms with Crippen LogP contribution in [0.3, 0.4) is 0 Å². The summed E-state index contributed by atoms with van der Waals surface area (Å²) in [7, 11) is 0. The van der Waals surface area contributed by atoms with Crippen LogP contribution < -0.4 is 5.73 Å². The van der Waals surface area contributed by atoms with E-state index in [-0.39, 0.29) is 17.9 Å². The summed E-state index contributed by atoms with van der Waals surface area (Å²) in [6.45, 7) is 4.70. The number of hydrogen-bond donors (Lipinski definition) is 1. The van der Waals surface area contributed by atoms with Crippen LogP contribution in [0.1, 0.15) is 43.0 Å². The summed E-state index contributed by atoms with van der Waals surface area (Å²) >= 11 is 1.44. The van der Waals surface area contributed by atoms with E-state index in [0.717, 1.165) is 36.2 Å². The van der Waals surface area contributed by atoms with Gasteiger partial charge < -0.3 is 15.4 Å². The number of carbonyl (C=O) groups is 3. The van der Waals surface area contributed by atoms with Crippen LogP contribution in [0, 0.1) is 0 Å². The Hall–Kier alpha value is -2.91. The van der Waals surface area contributed by atoms with Crippen molar-refractivity contribution in [1.82, 2.24) is 14.7 Å². The first kappa shape index (κ1) is 22.9. The normalized spacial score (nSPS) is 24.1. The van der Waals surface area contributed by atoms with Gasteiger partial charge in [0.1, 0.15) is 0 Å². The highest BCUT2D eigenvalue weighted by Gasteiger charge is 2.55. The smallest absolute Gasteiger partial charge is 0.417 e. The highest BCUT2D eigenvalue weighted by molar-refractivity contribution is 7.19. The Morgan fingerprint density at radius 1 is 1.18 bits per heavy atom. The number of nitrogen functional groups attached to an aromatic ring is 1. The molecule has 1 spiro atoms. The van der Waals surface area contributed by atoms with Gasteiger partial charge in [-0.15, -0.1) is 11.3 Å². The molecule has 0 saturated carbocycles. The molecular weight excluding hydrogens is 452 g/mol. The third-order valence-electron chi connectivity index (χ3n) is 7.26. The fraction of sp³-hybridized carbons (Fsp3) is 0.480. The van der Waals surface area contributed by atoms with Gasteiger partial charge in [-0.1, -0.05) is 30.3 Å². The molecule has 180 valence electrons. The highest BCUT2D eigenvalue weighted by atomic mass is 32.1. The molecule has 34 heavy (non-hydrogen) atoms. The standard InChI is InChI=1S/C25H30N4O4S/c1-2-29-23(31)25(33-24(29)32)11-6-12-28(16-25)18-9-13-27(14-10-18)22(30)19-15-20(34-21(19)26)17-7-4-3-5-8-17/h3-5,7-8,15,18H,2,6,9-14,16,26H2,1H3. The van der Waals surface area contributed by atoms with Crippen LogP contribution in [-0.4, -0.2) is 77.0 Å². The van der Waals surface area contributed by atoms with Gasteiger partial charge >= 0.3 is 6.09 Å². The number of carbonyl (C=O) groups excluding carboxylic acids is 3. The zero-order valence-corrected chi connectivity index (χ0v) is 20.2. The van der Waals surface area contributed by atoms with Crippen molar-refractivity contribution in [1.29, 1.82) is 0 Å². The Morgan fingerprint density at radius 2 is 1.91 bits per heavy atom. The molecule has 8 nitrogen and oxygen atoms in total. The van der Waals surface area contributed by atoms with Crippen molar-refractivity contribution >= 4 is 34.2 Å². The summed E-state index contributed by atoms with van der Waals surface area (Å²) in [5.74, 6) is -0.234. The second kappa shape index (κ2) is 9.03. The van der Waals surface area contributed by atoms with E-state index in [9.17, 15) is 14.4 Å². The van der Waals surface area contributed by atoms with Crippen LogP contribution >= 0.6 is 11.3 Å². The zero-order valence-electron chi connectivity index (χ0n) is 19.4. The molecule has 1 unspecified atom stereocenters. The fourth-order valence-corrected chi connectivity index (χ4v) is 6.34. The summed E-state index contributed by atoms with van der Waals surface area (Å²) in [5, 5.41) is 0.547. The van der Waals surface area contributed by atoms with Crippen molar-refractivity contribution in [3.8, 4) is 10.4 Å². The fourth-order valence-electron chi connectivity index (χ4n) is 5.41. The molecule has 0 aliphatic carbocycles. The summed E-state index contributed by atoms with van der Waals surface area (Å²) < 4.78 is 5.61. The Morgan fingerprint density at radius 3 is 2.59 bits per heavy atom. The Kier molecular flexibility index (Phi) is 6.07. The molecule has 3 amide bonds. The van der Waals surface area contributed by atoms with E-state index in [0.29, 0.717) is 43.2 Å². The Balaban J connectivity index is 1.22. The molecule has 9 heteroatoms. The maximum Gasteiger partial charge on any atom is 0.417 e. The molecule has 3 fully saturated rings. The number of rotatable bonds is 4. The number of hydrogen-bond acceptors (Lipinski definition) is 7. The molecule has 3 saturated heterocycles. The maximum absolute atomic E-state index is 13.2. The number of likely N-dealkylation sites (tertiary alicyclic amines) is 2. The summed E-state index contributed by atoms with van der Waals surface area (Å²) in [4.78, 5) is 44.6. The zero-order chi connectivity index (χ0) is 23.9. The van der Waals surface area contributed by atoms with Gasteiger partial charge in [0.05, 0.1) is 10.6 Å². The molecule has 1 aromatic carbocycles. The molecule has 0 bridgehead atoms. The number of thiophene rings is 1. The van der Waals surface area contributed by atoms with Crippen molar-refractivity contribution in [2.75, 3.05) is 38.5 Å².